The molecular weight excluding hydrogens is 344 g/mol. The fourth-order valence-electron chi connectivity index (χ4n) is 2.60. The van der Waals surface area contributed by atoms with Crippen molar-refractivity contribution in [2.75, 3.05) is 32.0 Å². The highest BCUT2D eigenvalue weighted by Gasteiger charge is 2.24. The zero-order valence-corrected chi connectivity index (χ0v) is 15.3. The summed E-state index contributed by atoms with van der Waals surface area (Å²) in [5.74, 6) is -0.593. The Morgan fingerprint density at radius 2 is 1.72 bits per heavy atom. The number of anilines is 1. The van der Waals surface area contributed by atoms with Crippen molar-refractivity contribution in [3.8, 4) is 0 Å². The molecule has 0 aromatic heterocycles. The van der Waals surface area contributed by atoms with E-state index in [4.69, 9.17) is 0 Å². The van der Waals surface area contributed by atoms with Gasteiger partial charge in [-0.2, -0.15) is 4.31 Å². The molecule has 2 amide bonds. The number of hydrogen-bond donors (Lipinski definition) is 2. The second-order valence-electron chi connectivity index (χ2n) is 6.05. The van der Waals surface area contributed by atoms with Crippen molar-refractivity contribution in [1.82, 2.24) is 14.7 Å². The van der Waals surface area contributed by atoms with Crippen LogP contribution in [0.4, 0.5) is 5.69 Å². The van der Waals surface area contributed by atoms with Gasteiger partial charge in [-0.05, 0) is 37.1 Å². The molecule has 1 fully saturated rings. The van der Waals surface area contributed by atoms with Crippen molar-refractivity contribution in [3.63, 3.8) is 0 Å². The van der Waals surface area contributed by atoms with Crippen LogP contribution in [-0.4, -0.2) is 56.2 Å². The van der Waals surface area contributed by atoms with Crippen LogP contribution in [0.1, 0.15) is 26.2 Å². The predicted octanol–water partition coefficient (Wildman–Crippen LogP) is 0.783. The number of nitrogens with zero attached hydrogens (tertiary/aromatic N) is 2. The molecule has 0 aliphatic carbocycles. The summed E-state index contributed by atoms with van der Waals surface area (Å²) < 4.78 is 26.1. The molecule has 0 spiro atoms. The molecule has 0 atom stereocenters. The molecular formula is C16H24N4O4S. The summed E-state index contributed by atoms with van der Waals surface area (Å²) in [6.07, 6.45) is 3.19. The van der Waals surface area contributed by atoms with Crippen molar-refractivity contribution < 1.29 is 18.0 Å². The van der Waals surface area contributed by atoms with E-state index < -0.39 is 10.0 Å². The van der Waals surface area contributed by atoms with E-state index in [-0.39, 0.29) is 23.3 Å². The highest BCUT2D eigenvalue weighted by atomic mass is 32.2. The lowest BCUT2D eigenvalue weighted by molar-refractivity contribution is -0.126. The number of nitrogens with one attached hydrogen (secondary N) is 2. The number of piperidine rings is 1. The highest BCUT2D eigenvalue weighted by molar-refractivity contribution is 7.89. The van der Waals surface area contributed by atoms with Crippen molar-refractivity contribution in [1.29, 1.82) is 0 Å². The number of likely N-dealkylation sites (N-methyl/N-ethyl adjacent to an activating group) is 1. The first-order valence-corrected chi connectivity index (χ1v) is 9.61. The van der Waals surface area contributed by atoms with Crippen LogP contribution in [0, 0.1) is 0 Å². The van der Waals surface area contributed by atoms with Crippen molar-refractivity contribution in [2.45, 2.75) is 31.1 Å². The SMILES string of the molecule is CC(=O)Nc1ccc(S(=O)(=O)N(C)CC(=O)NN2CCCCC2)cc1. The summed E-state index contributed by atoms with van der Waals surface area (Å²) in [5.41, 5.74) is 3.26. The Balaban J connectivity index is 1.97. The third-order valence-electron chi connectivity index (χ3n) is 3.89. The van der Waals surface area contributed by atoms with Crippen LogP contribution in [0.2, 0.25) is 0 Å². The monoisotopic (exact) mass is 368 g/mol. The van der Waals surface area contributed by atoms with Gasteiger partial charge in [-0.25, -0.2) is 13.4 Å². The maximum Gasteiger partial charge on any atom is 0.249 e. The minimum Gasteiger partial charge on any atom is -0.326 e. The molecule has 1 aromatic carbocycles. The van der Waals surface area contributed by atoms with E-state index in [0.717, 1.165) is 36.7 Å². The normalized spacial score (nSPS) is 15.8. The first-order valence-electron chi connectivity index (χ1n) is 8.17. The number of sulfonamides is 1. The summed E-state index contributed by atoms with van der Waals surface area (Å²) in [5, 5.41) is 4.40. The summed E-state index contributed by atoms with van der Waals surface area (Å²) in [4.78, 5) is 23.1. The second kappa shape index (κ2) is 8.41. The standard InChI is InChI=1S/C16H24N4O4S/c1-13(21)17-14-6-8-15(9-7-14)25(23,24)19(2)12-16(22)18-20-10-4-3-5-11-20/h6-9H,3-5,10-12H2,1-2H3,(H,17,21)(H,18,22). The minimum atomic E-state index is -3.78. The maximum atomic E-state index is 12.5. The molecule has 1 heterocycles. The van der Waals surface area contributed by atoms with Crippen LogP contribution >= 0.6 is 0 Å². The smallest absolute Gasteiger partial charge is 0.249 e. The first kappa shape index (κ1) is 19.4. The molecule has 0 unspecified atom stereocenters. The Bertz CT molecular complexity index is 712. The second-order valence-corrected chi connectivity index (χ2v) is 8.09. The summed E-state index contributed by atoms with van der Waals surface area (Å²) in [6, 6.07) is 5.82. The largest absolute Gasteiger partial charge is 0.326 e. The molecule has 9 heteroatoms. The van der Waals surface area contributed by atoms with E-state index in [0.29, 0.717) is 5.69 Å². The Labute approximate surface area is 148 Å². The Kier molecular flexibility index (Phi) is 6.51. The number of carbonyl (C=O) groups excluding carboxylic acids is 2. The van der Waals surface area contributed by atoms with Gasteiger partial charge in [0.1, 0.15) is 0 Å². The predicted molar refractivity (Wildman–Crippen MR) is 94.1 cm³/mol. The average molecular weight is 368 g/mol. The summed E-state index contributed by atoms with van der Waals surface area (Å²) in [6.45, 7) is 2.69. The molecule has 8 nitrogen and oxygen atoms in total. The molecule has 25 heavy (non-hydrogen) atoms. The Morgan fingerprint density at radius 3 is 2.28 bits per heavy atom. The van der Waals surface area contributed by atoms with E-state index in [1.165, 1.54) is 38.2 Å². The van der Waals surface area contributed by atoms with Gasteiger partial charge in [0.25, 0.3) is 0 Å². The number of hydrazine groups is 1. The van der Waals surface area contributed by atoms with Crippen LogP contribution in [-0.2, 0) is 19.6 Å². The van der Waals surface area contributed by atoms with Crippen molar-refractivity contribution in [3.05, 3.63) is 24.3 Å². The number of amides is 2. The first-order chi connectivity index (χ1) is 11.8. The molecule has 0 bridgehead atoms. The number of benzene rings is 1. The minimum absolute atomic E-state index is 0.0647. The van der Waals surface area contributed by atoms with Crippen LogP contribution < -0.4 is 10.7 Å². The van der Waals surface area contributed by atoms with Crippen LogP contribution in [0.15, 0.2) is 29.2 Å². The quantitative estimate of drug-likeness (QED) is 0.773. The lowest BCUT2D eigenvalue weighted by Crippen LogP contribution is -2.48. The fraction of sp³-hybridized carbons (Fsp3) is 0.500. The van der Waals surface area contributed by atoms with E-state index >= 15 is 0 Å². The molecule has 1 aromatic rings. The van der Waals surface area contributed by atoms with Gasteiger partial charge in [-0.15, -0.1) is 0 Å². The molecule has 0 radical (unpaired) electrons. The third kappa shape index (κ3) is 5.52. The van der Waals surface area contributed by atoms with Gasteiger partial charge < -0.3 is 5.32 Å². The van der Waals surface area contributed by atoms with E-state index in [2.05, 4.69) is 10.7 Å². The topological polar surface area (TPSA) is 98.8 Å². The van der Waals surface area contributed by atoms with E-state index in [1.54, 1.807) is 0 Å². The zero-order valence-electron chi connectivity index (χ0n) is 14.5. The number of rotatable bonds is 6. The lowest BCUT2D eigenvalue weighted by Gasteiger charge is -2.27. The van der Waals surface area contributed by atoms with E-state index in [9.17, 15) is 18.0 Å². The van der Waals surface area contributed by atoms with Gasteiger partial charge in [0.05, 0.1) is 11.4 Å². The Hall–Kier alpha value is -1.97. The molecule has 2 rings (SSSR count). The third-order valence-corrected chi connectivity index (χ3v) is 5.71. The van der Waals surface area contributed by atoms with Gasteiger partial charge >= 0.3 is 0 Å². The van der Waals surface area contributed by atoms with Crippen molar-refractivity contribution in [2.24, 2.45) is 0 Å². The average Bonchev–Trinajstić information content (AvgIpc) is 2.55. The molecule has 0 saturated carbocycles. The van der Waals surface area contributed by atoms with Crippen LogP contribution in [0.25, 0.3) is 0 Å². The zero-order chi connectivity index (χ0) is 18.4. The van der Waals surface area contributed by atoms with Gasteiger partial charge in [0.2, 0.25) is 21.8 Å². The summed E-state index contributed by atoms with van der Waals surface area (Å²) in [7, 11) is -2.41. The van der Waals surface area contributed by atoms with Gasteiger partial charge in [0.15, 0.2) is 0 Å². The Morgan fingerprint density at radius 1 is 1.12 bits per heavy atom. The van der Waals surface area contributed by atoms with Gasteiger partial charge in [-0.3, -0.25) is 15.0 Å². The number of hydrogen-bond acceptors (Lipinski definition) is 5. The van der Waals surface area contributed by atoms with Crippen LogP contribution in [0.5, 0.6) is 0 Å². The summed E-state index contributed by atoms with van der Waals surface area (Å²) >= 11 is 0. The van der Waals surface area contributed by atoms with E-state index in [1.807, 2.05) is 5.01 Å². The van der Waals surface area contributed by atoms with Gasteiger partial charge in [-0.1, -0.05) is 6.42 Å². The molecule has 1 aliphatic rings. The molecule has 138 valence electrons. The lowest BCUT2D eigenvalue weighted by atomic mass is 10.2. The van der Waals surface area contributed by atoms with Crippen molar-refractivity contribution >= 4 is 27.5 Å². The van der Waals surface area contributed by atoms with Gasteiger partial charge in [0, 0.05) is 32.7 Å². The fourth-order valence-corrected chi connectivity index (χ4v) is 3.73. The highest BCUT2D eigenvalue weighted by Crippen LogP contribution is 2.17. The van der Waals surface area contributed by atoms with Crippen LogP contribution in [0.3, 0.4) is 0 Å². The molecule has 1 aliphatic heterocycles. The number of carbonyl (C=O) groups is 2. The maximum absolute atomic E-state index is 12.5. The molecule has 1 saturated heterocycles. The molecule has 2 N–H and O–H groups in total.